The van der Waals surface area contributed by atoms with E-state index in [0.29, 0.717) is 29.1 Å². The Labute approximate surface area is 233 Å². The maximum absolute atomic E-state index is 14.3. The Morgan fingerprint density at radius 3 is 2.42 bits per heavy atom. The first-order valence-electron chi connectivity index (χ1n) is 13.1. The van der Waals surface area contributed by atoms with Crippen molar-refractivity contribution in [3.05, 3.63) is 76.6 Å². The van der Waals surface area contributed by atoms with E-state index in [1.807, 2.05) is 48.2 Å². The molecule has 1 saturated carbocycles. The Hall–Kier alpha value is -3.00. The van der Waals surface area contributed by atoms with E-state index in [2.05, 4.69) is 35.0 Å². The summed E-state index contributed by atoms with van der Waals surface area (Å²) in [5.41, 5.74) is 2.88. The lowest BCUT2D eigenvalue weighted by molar-refractivity contribution is 0.0572. The molecule has 0 radical (unpaired) electrons. The minimum Gasteiger partial charge on any atom is -0.494 e. The molecule has 0 N–H and O–H groups in total. The lowest BCUT2D eigenvalue weighted by Crippen LogP contribution is -2.44. The maximum atomic E-state index is 14.3. The molecule has 0 unspecified atom stereocenters. The number of rotatable bonds is 8. The molecule has 1 aliphatic carbocycles. The molecule has 0 aliphatic heterocycles. The zero-order chi connectivity index (χ0) is 26.6. The van der Waals surface area contributed by atoms with Gasteiger partial charge in [-0.1, -0.05) is 35.9 Å². The molecule has 38 heavy (non-hydrogen) atoms. The van der Waals surface area contributed by atoms with Crippen molar-refractivity contribution in [2.45, 2.75) is 51.2 Å². The Morgan fingerprint density at radius 2 is 1.74 bits per heavy atom. The third-order valence-corrected chi connectivity index (χ3v) is 9.09. The SMILES string of the molecule is CCOc1ccc(-c2cncnc2)cc1CN(C(=O)c1sc2ccccc2c1Cl)[C@H]1CC[C@H](N(C)C)CC1. The topological polar surface area (TPSA) is 58.6 Å². The van der Waals surface area contributed by atoms with Gasteiger partial charge in [0, 0.05) is 52.2 Å². The molecule has 2 aromatic carbocycles. The van der Waals surface area contributed by atoms with E-state index in [1.165, 1.54) is 17.7 Å². The third kappa shape index (κ3) is 5.55. The number of aromatic nitrogens is 2. The third-order valence-electron chi connectivity index (χ3n) is 7.42. The fourth-order valence-electron chi connectivity index (χ4n) is 5.35. The van der Waals surface area contributed by atoms with E-state index >= 15 is 0 Å². The van der Waals surface area contributed by atoms with Gasteiger partial charge in [-0.05, 0) is 70.5 Å². The monoisotopic (exact) mass is 548 g/mol. The number of amides is 1. The summed E-state index contributed by atoms with van der Waals surface area (Å²) in [6, 6.07) is 14.7. The van der Waals surface area contributed by atoms with Gasteiger partial charge in [-0.15, -0.1) is 11.3 Å². The van der Waals surface area contributed by atoms with Crippen LogP contribution < -0.4 is 4.74 Å². The van der Waals surface area contributed by atoms with Crippen molar-refractivity contribution >= 4 is 38.9 Å². The Morgan fingerprint density at radius 1 is 1.03 bits per heavy atom. The number of halogens is 1. The number of hydrogen-bond donors (Lipinski definition) is 0. The molecule has 0 bridgehead atoms. The largest absolute Gasteiger partial charge is 0.494 e. The molecule has 8 heteroatoms. The smallest absolute Gasteiger partial charge is 0.266 e. The maximum Gasteiger partial charge on any atom is 0.266 e. The van der Waals surface area contributed by atoms with E-state index < -0.39 is 0 Å². The number of carbonyl (C=O) groups is 1. The van der Waals surface area contributed by atoms with Gasteiger partial charge >= 0.3 is 0 Å². The lowest BCUT2D eigenvalue weighted by Gasteiger charge is -2.39. The second-order valence-corrected chi connectivity index (χ2v) is 11.4. The van der Waals surface area contributed by atoms with Crippen LogP contribution in [0, 0.1) is 0 Å². The van der Waals surface area contributed by atoms with Crippen molar-refractivity contribution in [2.75, 3.05) is 20.7 Å². The quantitative estimate of drug-likeness (QED) is 0.239. The van der Waals surface area contributed by atoms with E-state index in [1.54, 1.807) is 12.4 Å². The van der Waals surface area contributed by atoms with E-state index in [-0.39, 0.29) is 11.9 Å². The van der Waals surface area contributed by atoms with Gasteiger partial charge in [0.05, 0.1) is 11.6 Å². The summed E-state index contributed by atoms with van der Waals surface area (Å²) in [5.74, 6) is 0.774. The average Bonchev–Trinajstić information content (AvgIpc) is 3.29. The normalized spacial score (nSPS) is 17.6. The number of ether oxygens (including phenoxy) is 1. The lowest BCUT2D eigenvalue weighted by atomic mass is 9.89. The van der Waals surface area contributed by atoms with Gasteiger partial charge in [-0.2, -0.15) is 0 Å². The number of hydrogen-bond acceptors (Lipinski definition) is 6. The summed E-state index contributed by atoms with van der Waals surface area (Å²) in [6.45, 7) is 2.97. The van der Waals surface area contributed by atoms with Crippen molar-refractivity contribution < 1.29 is 9.53 Å². The average molecular weight is 549 g/mol. The van der Waals surface area contributed by atoms with E-state index in [4.69, 9.17) is 16.3 Å². The summed E-state index contributed by atoms with van der Waals surface area (Å²) in [5, 5.41) is 1.47. The summed E-state index contributed by atoms with van der Waals surface area (Å²) in [7, 11) is 4.27. The van der Waals surface area contributed by atoms with Gasteiger partial charge in [-0.25, -0.2) is 9.97 Å². The molecule has 0 spiro atoms. The zero-order valence-electron chi connectivity index (χ0n) is 22.1. The van der Waals surface area contributed by atoms with Crippen LogP contribution in [-0.2, 0) is 6.54 Å². The number of nitrogens with zero attached hydrogens (tertiary/aromatic N) is 4. The molecule has 2 heterocycles. The van der Waals surface area contributed by atoms with Crippen LogP contribution in [0.15, 0.2) is 61.2 Å². The van der Waals surface area contributed by atoms with Crippen molar-refractivity contribution in [3.8, 4) is 16.9 Å². The molecule has 5 rings (SSSR count). The standard InChI is InChI=1S/C30H33ClN4O2S/c1-4-37-26-14-9-20(22-16-32-19-33-17-22)15-21(26)18-35(24-12-10-23(11-13-24)34(2)3)30(36)29-28(31)25-7-5-6-8-27(25)38-29/h5-9,14-17,19,23-24H,4,10-13,18H2,1-3H3/t23-,24-. The number of benzene rings is 2. The first-order valence-corrected chi connectivity index (χ1v) is 14.3. The molecular weight excluding hydrogens is 516 g/mol. The van der Waals surface area contributed by atoms with Crippen LogP contribution in [0.2, 0.25) is 5.02 Å². The molecule has 2 aromatic heterocycles. The highest BCUT2D eigenvalue weighted by molar-refractivity contribution is 7.21. The molecule has 0 atom stereocenters. The molecular formula is C30H33ClN4O2S. The molecule has 1 aliphatic rings. The van der Waals surface area contributed by atoms with Gasteiger partial charge in [0.1, 0.15) is 17.0 Å². The highest BCUT2D eigenvalue weighted by Gasteiger charge is 2.33. The summed E-state index contributed by atoms with van der Waals surface area (Å²) in [4.78, 5) is 27.6. The van der Waals surface area contributed by atoms with Gasteiger partial charge in [0.25, 0.3) is 5.91 Å². The van der Waals surface area contributed by atoms with E-state index in [9.17, 15) is 4.79 Å². The Bertz CT molecular complexity index is 1400. The van der Waals surface area contributed by atoms with Gasteiger partial charge in [-0.3, -0.25) is 4.79 Å². The van der Waals surface area contributed by atoms with E-state index in [0.717, 1.165) is 58.2 Å². The number of thiophene rings is 1. The fourth-order valence-corrected chi connectivity index (χ4v) is 6.81. The Balaban J connectivity index is 1.53. The second kappa shape index (κ2) is 11.8. The molecule has 0 saturated heterocycles. The number of carbonyl (C=O) groups excluding carboxylic acids is 1. The number of fused-ring (bicyclic) bond motifs is 1. The van der Waals surface area contributed by atoms with Crippen LogP contribution in [-0.4, -0.2) is 58.5 Å². The van der Waals surface area contributed by atoms with Crippen molar-refractivity contribution in [3.63, 3.8) is 0 Å². The minimum absolute atomic E-state index is 0.0135. The van der Waals surface area contributed by atoms with Crippen LogP contribution in [0.3, 0.4) is 0 Å². The second-order valence-electron chi connectivity index (χ2n) is 9.98. The predicted octanol–water partition coefficient (Wildman–Crippen LogP) is 6.93. The molecule has 198 valence electrons. The summed E-state index contributed by atoms with van der Waals surface area (Å²) in [6.07, 6.45) is 9.14. The molecule has 1 fully saturated rings. The summed E-state index contributed by atoms with van der Waals surface area (Å²) >= 11 is 8.28. The highest BCUT2D eigenvalue weighted by Crippen LogP contribution is 2.38. The van der Waals surface area contributed by atoms with Crippen molar-refractivity contribution in [1.82, 2.24) is 19.8 Å². The van der Waals surface area contributed by atoms with Crippen LogP contribution in [0.4, 0.5) is 0 Å². The van der Waals surface area contributed by atoms with Crippen LogP contribution >= 0.6 is 22.9 Å². The van der Waals surface area contributed by atoms with Crippen LogP contribution in [0.25, 0.3) is 21.2 Å². The highest BCUT2D eigenvalue weighted by atomic mass is 35.5. The van der Waals surface area contributed by atoms with Crippen molar-refractivity contribution in [1.29, 1.82) is 0 Å². The predicted molar refractivity (Wildman–Crippen MR) is 155 cm³/mol. The molecule has 4 aromatic rings. The van der Waals surface area contributed by atoms with Crippen LogP contribution in [0.1, 0.15) is 47.8 Å². The van der Waals surface area contributed by atoms with Gasteiger partial charge < -0.3 is 14.5 Å². The van der Waals surface area contributed by atoms with Gasteiger partial charge in [0.2, 0.25) is 0 Å². The Kier molecular flexibility index (Phi) is 8.27. The first-order chi connectivity index (χ1) is 18.5. The van der Waals surface area contributed by atoms with Crippen molar-refractivity contribution in [2.24, 2.45) is 0 Å². The van der Waals surface area contributed by atoms with Crippen LogP contribution in [0.5, 0.6) is 5.75 Å². The molecule has 1 amide bonds. The molecule has 6 nitrogen and oxygen atoms in total. The summed E-state index contributed by atoms with van der Waals surface area (Å²) < 4.78 is 7.05. The zero-order valence-corrected chi connectivity index (χ0v) is 23.6. The van der Waals surface area contributed by atoms with Gasteiger partial charge in [0.15, 0.2) is 0 Å². The fraction of sp³-hybridized carbons (Fsp3) is 0.367. The first kappa shape index (κ1) is 26.6. The minimum atomic E-state index is -0.0135.